The SMILES string of the molecule is CN1CCCC(CNC(=O)c2ccc(C#CCO)cn2)C1. The molecule has 1 saturated heterocycles. The Morgan fingerprint density at radius 2 is 2.43 bits per heavy atom. The minimum atomic E-state index is -0.182. The Bertz CT molecular complexity index is 531. The molecule has 0 aliphatic carbocycles. The Labute approximate surface area is 125 Å². The van der Waals surface area contributed by atoms with Gasteiger partial charge in [0.15, 0.2) is 0 Å². The van der Waals surface area contributed by atoms with Gasteiger partial charge in [0.05, 0.1) is 0 Å². The molecule has 1 aliphatic rings. The lowest BCUT2D eigenvalue weighted by atomic mass is 9.98. The van der Waals surface area contributed by atoms with Gasteiger partial charge in [-0.25, -0.2) is 4.98 Å². The smallest absolute Gasteiger partial charge is 0.269 e. The summed E-state index contributed by atoms with van der Waals surface area (Å²) in [7, 11) is 2.11. The molecule has 1 unspecified atom stereocenters. The van der Waals surface area contributed by atoms with Crippen LogP contribution in [0.25, 0.3) is 0 Å². The molecule has 0 aromatic carbocycles. The third-order valence-electron chi connectivity index (χ3n) is 3.58. The summed E-state index contributed by atoms with van der Waals surface area (Å²) in [6.45, 7) is 2.68. The van der Waals surface area contributed by atoms with E-state index in [0.29, 0.717) is 23.7 Å². The minimum absolute atomic E-state index is 0.148. The number of aliphatic hydroxyl groups excluding tert-OH is 1. The van der Waals surface area contributed by atoms with Crippen LogP contribution in [-0.2, 0) is 0 Å². The monoisotopic (exact) mass is 287 g/mol. The van der Waals surface area contributed by atoms with Gasteiger partial charge in [-0.1, -0.05) is 11.8 Å². The Balaban J connectivity index is 1.85. The second-order valence-electron chi connectivity index (χ2n) is 5.37. The Morgan fingerprint density at radius 3 is 3.10 bits per heavy atom. The van der Waals surface area contributed by atoms with Gasteiger partial charge in [-0.3, -0.25) is 4.79 Å². The van der Waals surface area contributed by atoms with E-state index in [-0.39, 0.29) is 12.5 Å². The van der Waals surface area contributed by atoms with Gasteiger partial charge in [0.2, 0.25) is 0 Å². The van der Waals surface area contributed by atoms with Gasteiger partial charge >= 0.3 is 0 Å². The highest BCUT2D eigenvalue weighted by molar-refractivity contribution is 5.92. The number of carbonyl (C=O) groups is 1. The number of aromatic nitrogens is 1. The molecule has 1 aliphatic heterocycles. The fourth-order valence-corrected chi connectivity index (χ4v) is 2.51. The maximum atomic E-state index is 12.0. The van der Waals surface area contributed by atoms with Crippen molar-refractivity contribution in [2.24, 2.45) is 5.92 Å². The first-order valence-electron chi connectivity index (χ1n) is 7.21. The molecule has 0 spiro atoms. The highest BCUT2D eigenvalue weighted by atomic mass is 16.2. The van der Waals surface area contributed by atoms with Crippen LogP contribution in [0.2, 0.25) is 0 Å². The number of nitrogens with zero attached hydrogens (tertiary/aromatic N) is 2. The number of aliphatic hydroxyl groups is 1. The summed E-state index contributed by atoms with van der Waals surface area (Å²) in [4.78, 5) is 18.4. The van der Waals surface area contributed by atoms with Crippen LogP contribution >= 0.6 is 0 Å². The summed E-state index contributed by atoms with van der Waals surface area (Å²) >= 11 is 0. The molecule has 1 amide bonds. The summed E-state index contributed by atoms with van der Waals surface area (Å²) in [5.74, 6) is 5.66. The lowest BCUT2D eigenvalue weighted by molar-refractivity contribution is 0.0932. The summed E-state index contributed by atoms with van der Waals surface area (Å²) in [5, 5.41) is 11.6. The number of piperidine rings is 1. The average molecular weight is 287 g/mol. The maximum absolute atomic E-state index is 12.0. The highest BCUT2D eigenvalue weighted by Crippen LogP contribution is 2.14. The van der Waals surface area contributed by atoms with Gasteiger partial charge in [-0.2, -0.15) is 0 Å². The standard InChI is InChI=1S/C16H21N3O2/c1-19-8-2-4-14(12-19)11-18-16(21)15-7-6-13(10-17-15)5-3-9-20/h6-7,10,14,20H,2,4,8-9,11-12H2,1H3,(H,18,21). The van der Waals surface area contributed by atoms with E-state index in [1.807, 2.05) is 0 Å². The zero-order chi connectivity index (χ0) is 15.1. The predicted octanol–water partition coefficient (Wildman–Crippen LogP) is 0.497. The fraction of sp³-hybridized carbons (Fsp3) is 0.500. The van der Waals surface area contributed by atoms with E-state index in [9.17, 15) is 4.79 Å². The van der Waals surface area contributed by atoms with Crippen LogP contribution in [0.15, 0.2) is 18.3 Å². The Morgan fingerprint density at radius 1 is 1.57 bits per heavy atom. The molecule has 1 atom stereocenters. The molecule has 1 aromatic heterocycles. The normalized spacial score (nSPS) is 18.7. The number of hydrogen-bond acceptors (Lipinski definition) is 4. The van der Waals surface area contributed by atoms with E-state index in [2.05, 4.69) is 34.1 Å². The van der Waals surface area contributed by atoms with E-state index in [1.165, 1.54) is 6.42 Å². The summed E-state index contributed by atoms with van der Waals surface area (Å²) in [6.07, 6.45) is 3.90. The van der Waals surface area contributed by atoms with E-state index < -0.39 is 0 Å². The number of carbonyl (C=O) groups excluding carboxylic acids is 1. The van der Waals surface area contributed by atoms with Crippen molar-refractivity contribution in [3.05, 3.63) is 29.6 Å². The number of likely N-dealkylation sites (tertiary alicyclic amines) is 1. The molecule has 5 nitrogen and oxygen atoms in total. The maximum Gasteiger partial charge on any atom is 0.269 e. The molecule has 21 heavy (non-hydrogen) atoms. The third-order valence-corrected chi connectivity index (χ3v) is 3.58. The van der Waals surface area contributed by atoms with Crippen LogP contribution < -0.4 is 5.32 Å². The Kier molecular flexibility index (Phi) is 5.73. The first-order chi connectivity index (χ1) is 10.2. The molecule has 2 heterocycles. The van der Waals surface area contributed by atoms with Crippen LogP contribution in [0.4, 0.5) is 0 Å². The van der Waals surface area contributed by atoms with Crippen LogP contribution in [-0.4, -0.2) is 54.2 Å². The van der Waals surface area contributed by atoms with Gasteiger partial charge < -0.3 is 15.3 Å². The molecule has 0 radical (unpaired) electrons. The molecule has 2 rings (SSSR count). The number of amides is 1. The van der Waals surface area contributed by atoms with Crippen molar-refractivity contribution in [1.29, 1.82) is 0 Å². The number of nitrogens with one attached hydrogen (secondary N) is 1. The van der Waals surface area contributed by atoms with Gasteiger partial charge in [0, 0.05) is 24.8 Å². The van der Waals surface area contributed by atoms with Crippen molar-refractivity contribution in [3.8, 4) is 11.8 Å². The van der Waals surface area contributed by atoms with Crippen LogP contribution in [0, 0.1) is 17.8 Å². The van der Waals surface area contributed by atoms with Gasteiger partial charge in [-0.15, -0.1) is 0 Å². The quantitative estimate of drug-likeness (QED) is 0.795. The van der Waals surface area contributed by atoms with Crippen molar-refractivity contribution in [3.63, 3.8) is 0 Å². The summed E-state index contributed by atoms with van der Waals surface area (Å²) < 4.78 is 0. The zero-order valence-corrected chi connectivity index (χ0v) is 12.3. The molecule has 1 aromatic rings. The molecular weight excluding hydrogens is 266 g/mol. The lowest BCUT2D eigenvalue weighted by Gasteiger charge is -2.29. The highest BCUT2D eigenvalue weighted by Gasteiger charge is 2.18. The first-order valence-corrected chi connectivity index (χ1v) is 7.21. The van der Waals surface area contributed by atoms with E-state index in [1.54, 1.807) is 18.3 Å². The van der Waals surface area contributed by atoms with Gasteiger partial charge in [0.1, 0.15) is 12.3 Å². The number of rotatable bonds is 3. The Hall–Kier alpha value is -1.90. The average Bonchev–Trinajstić information content (AvgIpc) is 2.51. The second-order valence-corrected chi connectivity index (χ2v) is 5.37. The van der Waals surface area contributed by atoms with E-state index >= 15 is 0 Å². The van der Waals surface area contributed by atoms with Crippen molar-refractivity contribution in [1.82, 2.24) is 15.2 Å². The molecule has 0 saturated carbocycles. The fourth-order valence-electron chi connectivity index (χ4n) is 2.51. The van der Waals surface area contributed by atoms with Crippen molar-refractivity contribution >= 4 is 5.91 Å². The van der Waals surface area contributed by atoms with E-state index in [4.69, 9.17) is 5.11 Å². The van der Waals surface area contributed by atoms with Crippen molar-refractivity contribution in [2.75, 3.05) is 33.3 Å². The van der Waals surface area contributed by atoms with Crippen molar-refractivity contribution < 1.29 is 9.90 Å². The zero-order valence-electron chi connectivity index (χ0n) is 12.3. The molecule has 1 fully saturated rings. The molecular formula is C16H21N3O2. The molecule has 5 heteroatoms. The van der Waals surface area contributed by atoms with Gasteiger partial charge in [-0.05, 0) is 44.5 Å². The molecule has 2 N–H and O–H groups in total. The second kappa shape index (κ2) is 7.77. The van der Waals surface area contributed by atoms with Crippen LogP contribution in [0.1, 0.15) is 28.9 Å². The number of pyridine rings is 1. The predicted molar refractivity (Wildman–Crippen MR) is 80.8 cm³/mol. The molecule has 112 valence electrons. The summed E-state index contributed by atoms with van der Waals surface area (Å²) in [5.41, 5.74) is 1.09. The lowest BCUT2D eigenvalue weighted by Crippen LogP contribution is -2.39. The first kappa shape index (κ1) is 15.5. The summed E-state index contributed by atoms with van der Waals surface area (Å²) in [6, 6.07) is 3.39. The van der Waals surface area contributed by atoms with Gasteiger partial charge in [0.25, 0.3) is 5.91 Å². The topological polar surface area (TPSA) is 65.5 Å². The number of hydrogen-bond donors (Lipinski definition) is 2. The largest absolute Gasteiger partial charge is 0.384 e. The van der Waals surface area contributed by atoms with Crippen LogP contribution in [0.3, 0.4) is 0 Å². The molecule has 0 bridgehead atoms. The van der Waals surface area contributed by atoms with Crippen molar-refractivity contribution in [2.45, 2.75) is 12.8 Å². The third kappa shape index (κ3) is 4.85. The van der Waals surface area contributed by atoms with E-state index in [0.717, 1.165) is 19.5 Å². The minimum Gasteiger partial charge on any atom is -0.384 e. The van der Waals surface area contributed by atoms with Crippen LogP contribution in [0.5, 0.6) is 0 Å².